The maximum atomic E-state index is 10.8. The number of hydrogen-bond acceptors (Lipinski definition) is 5. The lowest BCUT2D eigenvalue weighted by atomic mass is 10.4. The SMILES string of the molecule is CNCc1ccc(CSCCC(=O)OC)o1. The van der Waals surface area contributed by atoms with Gasteiger partial charge >= 0.3 is 5.97 Å². The second-order valence-electron chi connectivity index (χ2n) is 3.28. The van der Waals surface area contributed by atoms with Crippen LogP contribution in [0.25, 0.3) is 0 Å². The van der Waals surface area contributed by atoms with Crippen molar-refractivity contribution in [3.05, 3.63) is 23.7 Å². The van der Waals surface area contributed by atoms with Crippen LogP contribution in [0.3, 0.4) is 0 Å². The van der Waals surface area contributed by atoms with Crippen LogP contribution in [0, 0.1) is 0 Å². The average molecular weight is 243 g/mol. The first-order chi connectivity index (χ1) is 7.76. The van der Waals surface area contributed by atoms with Crippen molar-refractivity contribution in [2.24, 2.45) is 0 Å². The van der Waals surface area contributed by atoms with Gasteiger partial charge in [0.1, 0.15) is 11.5 Å². The van der Waals surface area contributed by atoms with Gasteiger partial charge in [-0.1, -0.05) is 0 Å². The van der Waals surface area contributed by atoms with Gasteiger partial charge in [-0.15, -0.1) is 0 Å². The molecule has 0 aliphatic carbocycles. The van der Waals surface area contributed by atoms with Crippen LogP contribution >= 0.6 is 11.8 Å². The summed E-state index contributed by atoms with van der Waals surface area (Å²) in [5.74, 6) is 3.27. The molecule has 90 valence electrons. The van der Waals surface area contributed by atoms with E-state index in [1.807, 2.05) is 19.2 Å². The minimum atomic E-state index is -0.164. The first-order valence-electron chi connectivity index (χ1n) is 5.13. The highest BCUT2D eigenvalue weighted by atomic mass is 32.2. The molecule has 1 N–H and O–H groups in total. The number of nitrogens with one attached hydrogen (secondary N) is 1. The van der Waals surface area contributed by atoms with Crippen molar-refractivity contribution in [2.75, 3.05) is 19.9 Å². The molecule has 0 bridgehead atoms. The van der Waals surface area contributed by atoms with E-state index in [0.29, 0.717) is 6.42 Å². The van der Waals surface area contributed by atoms with Crippen LogP contribution in [-0.2, 0) is 21.8 Å². The van der Waals surface area contributed by atoms with Gasteiger partial charge in [0.25, 0.3) is 0 Å². The van der Waals surface area contributed by atoms with E-state index in [2.05, 4.69) is 10.1 Å². The van der Waals surface area contributed by atoms with Crippen molar-refractivity contribution >= 4 is 17.7 Å². The van der Waals surface area contributed by atoms with E-state index < -0.39 is 0 Å². The summed E-state index contributed by atoms with van der Waals surface area (Å²) in [5, 5.41) is 3.03. The molecular weight excluding hydrogens is 226 g/mol. The van der Waals surface area contributed by atoms with E-state index in [1.54, 1.807) is 11.8 Å². The smallest absolute Gasteiger partial charge is 0.306 e. The number of carbonyl (C=O) groups is 1. The second-order valence-corrected chi connectivity index (χ2v) is 4.38. The van der Waals surface area contributed by atoms with Gasteiger partial charge in [0.05, 0.1) is 25.8 Å². The Kier molecular flexibility index (Phi) is 6.03. The number of thioether (sulfide) groups is 1. The van der Waals surface area contributed by atoms with Crippen LogP contribution in [0.4, 0.5) is 0 Å². The standard InChI is InChI=1S/C11H17NO3S/c1-12-7-9-3-4-10(15-9)8-16-6-5-11(13)14-2/h3-4,12H,5-8H2,1-2H3. The quantitative estimate of drug-likeness (QED) is 0.584. The maximum absolute atomic E-state index is 10.8. The van der Waals surface area contributed by atoms with Crippen molar-refractivity contribution < 1.29 is 13.9 Å². The lowest BCUT2D eigenvalue weighted by molar-refractivity contribution is -0.140. The van der Waals surface area contributed by atoms with E-state index in [4.69, 9.17) is 4.42 Å². The zero-order valence-electron chi connectivity index (χ0n) is 9.62. The Morgan fingerprint density at radius 1 is 1.50 bits per heavy atom. The predicted molar refractivity (Wildman–Crippen MR) is 64.3 cm³/mol. The number of rotatable bonds is 7. The lowest BCUT2D eigenvalue weighted by Crippen LogP contribution is -2.03. The molecule has 0 atom stereocenters. The molecule has 0 fully saturated rings. The summed E-state index contributed by atoms with van der Waals surface area (Å²) in [4.78, 5) is 10.8. The van der Waals surface area contributed by atoms with Gasteiger partial charge in [-0.2, -0.15) is 11.8 Å². The van der Waals surface area contributed by atoms with Crippen molar-refractivity contribution in [3.63, 3.8) is 0 Å². The molecule has 0 spiro atoms. The van der Waals surface area contributed by atoms with Gasteiger partial charge < -0.3 is 14.5 Å². The number of esters is 1. The van der Waals surface area contributed by atoms with Crippen molar-refractivity contribution in [2.45, 2.75) is 18.7 Å². The van der Waals surface area contributed by atoms with Crippen LogP contribution in [0.1, 0.15) is 17.9 Å². The van der Waals surface area contributed by atoms with E-state index in [-0.39, 0.29) is 5.97 Å². The number of hydrogen-bond donors (Lipinski definition) is 1. The van der Waals surface area contributed by atoms with Gasteiger partial charge in [-0.3, -0.25) is 4.79 Å². The molecule has 0 saturated carbocycles. The van der Waals surface area contributed by atoms with E-state index >= 15 is 0 Å². The van der Waals surface area contributed by atoms with E-state index in [1.165, 1.54) is 7.11 Å². The lowest BCUT2D eigenvalue weighted by Gasteiger charge is -1.99. The van der Waals surface area contributed by atoms with Crippen molar-refractivity contribution in [1.29, 1.82) is 0 Å². The summed E-state index contributed by atoms with van der Waals surface area (Å²) >= 11 is 1.67. The third-order valence-corrected chi connectivity index (χ3v) is 2.97. The van der Waals surface area contributed by atoms with Crippen LogP contribution < -0.4 is 5.32 Å². The Morgan fingerprint density at radius 2 is 2.25 bits per heavy atom. The van der Waals surface area contributed by atoms with Crippen LogP contribution in [0.15, 0.2) is 16.5 Å². The molecule has 0 aliphatic rings. The first kappa shape index (κ1) is 13.1. The number of furan rings is 1. The summed E-state index contributed by atoms with van der Waals surface area (Å²) in [6, 6.07) is 3.94. The fraction of sp³-hybridized carbons (Fsp3) is 0.545. The van der Waals surface area contributed by atoms with Crippen LogP contribution in [0.2, 0.25) is 0 Å². The number of methoxy groups -OCH3 is 1. The molecule has 0 amide bonds. The molecule has 0 radical (unpaired) electrons. The Labute approximate surface area is 99.7 Å². The summed E-state index contributed by atoms with van der Waals surface area (Å²) in [6.07, 6.45) is 0.450. The Hall–Kier alpha value is -0.940. The topological polar surface area (TPSA) is 51.5 Å². The minimum absolute atomic E-state index is 0.164. The van der Waals surface area contributed by atoms with Gasteiger partial charge in [-0.25, -0.2) is 0 Å². The van der Waals surface area contributed by atoms with Gasteiger partial charge in [-0.05, 0) is 19.2 Å². The maximum Gasteiger partial charge on any atom is 0.306 e. The third kappa shape index (κ3) is 4.72. The molecule has 0 unspecified atom stereocenters. The highest BCUT2D eigenvalue weighted by Crippen LogP contribution is 2.16. The Bertz CT molecular complexity index is 325. The predicted octanol–water partition coefficient (Wildman–Crippen LogP) is 1.80. The fourth-order valence-electron chi connectivity index (χ4n) is 1.20. The third-order valence-electron chi connectivity index (χ3n) is 1.99. The van der Waals surface area contributed by atoms with Gasteiger partial charge in [0, 0.05) is 5.75 Å². The molecule has 1 heterocycles. The largest absolute Gasteiger partial charge is 0.469 e. The molecule has 0 aliphatic heterocycles. The summed E-state index contributed by atoms with van der Waals surface area (Å²) in [6.45, 7) is 0.743. The van der Waals surface area contributed by atoms with Gasteiger partial charge in [0.15, 0.2) is 0 Å². The molecule has 16 heavy (non-hydrogen) atoms. The van der Waals surface area contributed by atoms with Crippen LogP contribution in [0.5, 0.6) is 0 Å². The van der Waals surface area contributed by atoms with Crippen LogP contribution in [-0.4, -0.2) is 25.9 Å². The molecule has 5 heteroatoms. The molecule has 1 aromatic rings. The fourth-order valence-corrected chi connectivity index (χ4v) is 2.01. The average Bonchev–Trinajstić information content (AvgIpc) is 2.72. The second kappa shape index (κ2) is 7.35. The highest BCUT2D eigenvalue weighted by Gasteiger charge is 2.03. The summed E-state index contributed by atoms with van der Waals surface area (Å²) in [7, 11) is 3.29. The van der Waals surface area contributed by atoms with Gasteiger partial charge in [0.2, 0.25) is 0 Å². The van der Waals surface area contributed by atoms with Crippen molar-refractivity contribution in [3.8, 4) is 0 Å². The molecule has 0 aromatic carbocycles. The first-order valence-corrected chi connectivity index (χ1v) is 6.28. The molecular formula is C11H17NO3S. The molecule has 1 rings (SSSR count). The number of carbonyl (C=O) groups excluding carboxylic acids is 1. The highest BCUT2D eigenvalue weighted by molar-refractivity contribution is 7.98. The minimum Gasteiger partial charge on any atom is -0.469 e. The molecule has 1 aromatic heterocycles. The normalized spacial score (nSPS) is 10.4. The van der Waals surface area contributed by atoms with E-state index in [9.17, 15) is 4.79 Å². The number of ether oxygens (including phenoxy) is 1. The zero-order valence-corrected chi connectivity index (χ0v) is 10.4. The Morgan fingerprint density at radius 3 is 2.94 bits per heavy atom. The van der Waals surface area contributed by atoms with Crippen molar-refractivity contribution in [1.82, 2.24) is 5.32 Å². The molecule has 0 saturated heterocycles. The van der Waals surface area contributed by atoms with E-state index in [0.717, 1.165) is 29.6 Å². The zero-order chi connectivity index (χ0) is 11.8. The summed E-state index contributed by atoms with van der Waals surface area (Å²) < 4.78 is 10.1. The monoisotopic (exact) mass is 243 g/mol. The Balaban J connectivity index is 2.19. The molecule has 4 nitrogen and oxygen atoms in total. The summed E-state index contributed by atoms with van der Waals surface area (Å²) in [5.41, 5.74) is 0.